The molecular formula is C47H46F2N12O9S. The van der Waals surface area contributed by atoms with Crippen LogP contribution in [0.4, 0.5) is 26.1 Å². The second kappa shape index (κ2) is 18.9. The molecule has 4 saturated heterocycles. The monoisotopic (exact) mass is 992 g/mol. The van der Waals surface area contributed by atoms with Gasteiger partial charge >= 0.3 is 10.2 Å². The summed E-state index contributed by atoms with van der Waals surface area (Å²) in [5.74, 6) is -2.69. The molecule has 0 radical (unpaired) electrons. The van der Waals surface area contributed by atoms with Crippen molar-refractivity contribution in [3.63, 3.8) is 0 Å². The van der Waals surface area contributed by atoms with Gasteiger partial charge in [0.1, 0.15) is 41.7 Å². The Morgan fingerprint density at radius 1 is 0.873 bits per heavy atom. The van der Waals surface area contributed by atoms with Gasteiger partial charge in [-0.2, -0.15) is 18.0 Å². The second-order valence-corrected chi connectivity index (χ2v) is 19.6. The number of piperazine rings is 1. The first-order chi connectivity index (χ1) is 34.2. The van der Waals surface area contributed by atoms with Crippen molar-refractivity contribution in [2.24, 2.45) is 5.92 Å². The third-order valence-corrected chi connectivity index (χ3v) is 15.1. The Hall–Kier alpha value is -7.62. The van der Waals surface area contributed by atoms with Gasteiger partial charge in [0.05, 0.1) is 52.9 Å². The van der Waals surface area contributed by atoms with Crippen molar-refractivity contribution < 1.29 is 45.9 Å². The summed E-state index contributed by atoms with van der Waals surface area (Å²) < 4.78 is 70.6. The molecule has 0 saturated carbocycles. The highest BCUT2D eigenvalue weighted by Crippen LogP contribution is 2.39. The fourth-order valence-electron chi connectivity index (χ4n) is 9.79. The number of methoxy groups -OCH3 is 1. The minimum absolute atomic E-state index is 0.0284. The summed E-state index contributed by atoms with van der Waals surface area (Å²) >= 11 is 0. The topological polar surface area (TPSA) is 246 Å². The molecule has 2 aromatic heterocycles. The first-order valence-electron chi connectivity index (χ1n) is 23.0. The lowest BCUT2D eigenvalue weighted by Crippen LogP contribution is -2.54. The van der Waals surface area contributed by atoms with E-state index in [0.717, 1.165) is 72.6 Å². The van der Waals surface area contributed by atoms with Gasteiger partial charge in [0.2, 0.25) is 17.8 Å². The SMILES string of the molecule is COc1cc(N2CCN(CC3CCN(c4ncc(-n5cnc6ccc(Oc7c(F)ccc(NS(=O)(=O)N8CC[C@@H](F)C8)c7C#N)cc6c5=O)cn4)CC3)CC2)cc2c1C(=O)N(C1CCC(=O)NC1=O)C2=O. The zero-order chi connectivity index (χ0) is 49.7. The molecule has 1 unspecified atom stereocenters. The standard InChI is InChI=1S/C47H46F2N12O9S/c1-69-39-19-29(18-33-41(39)46(66)61(45(33)65)38-6-7-40(62)54-43(38)63)57-16-14-56(15-17-57)24-27-8-11-58(12-9-27)47-51-22-30(23-52-47)60-26-53-36-4-2-31(20-32(36)44(60)64)70-42-34(21-50)37(5-3-35(42)49)55-71(67,68)59-13-10-28(48)25-59/h2-5,18-20,22-23,26-28,38,55H,6-17,24-25H2,1H3,(H,54,62,63)/t28-,38?/m1/s1. The van der Waals surface area contributed by atoms with Crippen molar-refractivity contribution in [1.82, 2.24) is 38.9 Å². The average Bonchev–Trinajstić information content (AvgIpc) is 3.93. The van der Waals surface area contributed by atoms with E-state index in [1.807, 2.05) is 0 Å². The van der Waals surface area contributed by atoms with E-state index in [0.29, 0.717) is 36.2 Å². The minimum atomic E-state index is -4.26. The number of carbonyl (C=O) groups is 4. The summed E-state index contributed by atoms with van der Waals surface area (Å²) in [4.78, 5) is 86.4. The number of benzene rings is 3. The molecule has 10 rings (SSSR count). The Kier molecular flexibility index (Phi) is 12.6. The van der Waals surface area contributed by atoms with Crippen LogP contribution in [0.25, 0.3) is 16.6 Å². The van der Waals surface area contributed by atoms with E-state index >= 15 is 4.39 Å². The Labute approximate surface area is 404 Å². The highest BCUT2D eigenvalue weighted by Gasteiger charge is 2.46. The number of piperidine rings is 2. The van der Waals surface area contributed by atoms with E-state index in [2.05, 4.69) is 39.7 Å². The highest BCUT2D eigenvalue weighted by molar-refractivity contribution is 7.90. The quantitative estimate of drug-likeness (QED) is 0.171. The van der Waals surface area contributed by atoms with Crippen LogP contribution in [0.15, 0.2) is 66.0 Å². The molecule has 0 spiro atoms. The van der Waals surface area contributed by atoms with E-state index in [-0.39, 0.29) is 66.1 Å². The van der Waals surface area contributed by atoms with Crippen LogP contribution in [0, 0.1) is 23.1 Å². The smallest absolute Gasteiger partial charge is 0.301 e. The van der Waals surface area contributed by atoms with Gasteiger partial charge in [0.15, 0.2) is 11.6 Å². The predicted molar refractivity (Wildman–Crippen MR) is 251 cm³/mol. The maximum Gasteiger partial charge on any atom is 0.301 e. The van der Waals surface area contributed by atoms with Crippen LogP contribution in [0.5, 0.6) is 17.2 Å². The Bertz CT molecular complexity index is 3210. The third kappa shape index (κ3) is 9.07. The number of anilines is 3. The molecular weight excluding hydrogens is 947 g/mol. The van der Waals surface area contributed by atoms with Gasteiger partial charge in [-0.15, -0.1) is 0 Å². The Morgan fingerprint density at radius 3 is 2.32 bits per heavy atom. The maximum absolute atomic E-state index is 15.2. The zero-order valence-electron chi connectivity index (χ0n) is 38.2. The summed E-state index contributed by atoms with van der Waals surface area (Å²) in [6, 6.07) is 10.4. The molecule has 5 aliphatic rings. The summed E-state index contributed by atoms with van der Waals surface area (Å²) in [7, 11) is -2.83. The van der Waals surface area contributed by atoms with Crippen molar-refractivity contribution in [2.75, 3.05) is 80.5 Å². The molecule has 0 aliphatic carbocycles. The normalized spacial score (nSPS) is 20.3. The molecule has 5 aromatic rings. The number of hydrogen-bond donors (Lipinski definition) is 2. The van der Waals surface area contributed by atoms with E-state index in [1.165, 1.54) is 48.6 Å². The number of imide groups is 2. The Morgan fingerprint density at radius 2 is 1.63 bits per heavy atom. The summed E-state index contributed by atoms with van der Waals surface area (Å²) in [6.07, 6.45) is 5.01. The number of nitriles is 1. The van der Waals surface area contributed by atoms with Crippen LogP contribution < -0.4 is 34.9 Å². The lowest BCUT2D eigenvalue weighted by Gasteiger charge is -2.39. The molecule has 71 heavy (non-hydrogen) atoms. The van der Waals surface area contributed by atoms with Gasteiger partial charge in [0.25, 0.3) is 17.4 Å². The van der Waals surface area contributed by atoms with E-state index in [9.17, 15) is 42.0 Å². The number of fused-ring (bicyclic) bond motifs is 2. The number of rotatable bonds is 12. The van der Waals surface area contributed by atoms with Crippen LogP contribution in [-0.4, -0.2) is 144 Å². The van der Waals surface area contributed by atoms with Crippen molar-refractivity contribution in [2.45, 2.75) is 44.3 Å². The predicted octanol–water partition coefficient (Wildman–Crippen LogP) is 3.13. The van der Waals surface area contributed by atoms with Crippen LogP contribution in [0.1, 0.15) is 58.4 Å². The lowest BCUT2D eigenvalue weighted by atomic mass is 9.96. The van der Waals surface area contributed by atoms with E-state index in [1.54, 1.807) is 18.2 Å². The first-order valence-corrected chi connectivity index (χ1v) is 24.5. The number of carbonyl (C=O) groups excluding carboxylic acids is 4. The van der Waals surface area contributed by atoms with Crippen LogP contribution in [-0.2, 0) is 19.8 Å². The first kappa shape index (κ1) is 47.1. The molecule has 5 aliphatic heterocycles. The Balaban J connectivity index is 0.745. The number of amides is 4. The molecule has 24 heteroatoms. The molecule has 2 atom stereocenters. The van der Waals surface area contributed by atoms with Gasteiger partial charge in [-0.25, -0.2) is 23.7 Å². The fourth-order valence-corrected chi connectivity index (χ4v) is 11.1. The highest BCUT2D eigenvalue weighted by atomic mass is 32.2. The zero-order valence-corrected chi connectivity index (χ0v) is 39.0. The molecule has 2 N–H and O–H groups in total. The molecule has 4 amide bonds. The second-order valence-electron chi connectivity index (χ2n) is 17.9. The van der Waals surface area contributed by atoms with E-state index < -0.39 is 68.7 Å². The summed E-state index contributed by atoms with van der Waals surface area (Å²) in [5, 5.41) is 12.3. The number of nitrogens with zero attached hydrogens (tertiary/aromatic N) is 10. The van der Waals surface area contributed by atoms with Crippen molar-refractivity contribution in [1.29, 1.82) is 5.26 Å². The van der Waals surface area contributed by atoms with Gasteiger partial charge in [-0.3, -0.25) is 48.4 Å². The number of alkyl halides is 1. The van der Waals surface area contributed by atoms with Gasteiger partial charge in [0, 0.05) is 77.1 Å². The van der Waals surface area contributed by atoms with Crippen molar-refractivity contribution in [3.05, 3.63) is 94.0 Å². The van der Waals surface area contributed by atoms with Crippen molar-refractivity contribution in [3.8, 4) is 29.0 Å². The third-order valence-electron chi connectivity index (χ3n) is 13.6. The van der Waals surface area contributed by atoms with Gasteiger partial charge in [-0.05, 0) is 68.0 Å². The largest absolute Gasteiger partial charge is 0.496 e. The van der Waals surface area contributed by atoms with Gasteiger partial charge < -0.3 is 19.3 Å². The molecule has 0 bridgehead atoms. The summed E-state index contributed by atoms with van der Waals surface area (Å²) in [6.45, 7) is 4.87. The number of aromatic nitrogens is 4. The number of ether oxygens (including phenoxy) is 2. The van der Waals surface area contributed by atoms with Crippen LogP contribution in [0.3, 0.4) is 0 Å². The van der Waals surface area contributed by atoms with Crippen LogP contribution in [0.2, 0.25) is 0 Å². The van der Waals surface area contributed by atoms with Crippen molar-refractivity contribution >= 4 is 62.1 Å². The van der Waals surface area contributed by atoms with E-state index in [4.69, 9.17) is 9.47 Å². The molecule has 21 nitrogen and oxygen atoms in total. The minimum Gasteiger partial charge on any atom is -0.496 e. The maximum atomic E-state index is 15.2. The molecule has 3 aromatic carbocycles. The lowest BCUT2D eigenvalue weighted by molar-refractivity contribution is -0.136. The molecule has 4 fully saturated rings. The average molecular weight is 993 g/mol. The number of halogens is 2. The van der Waals surface area contributed by atoms with Gasteiger partial charge in [-0.1, -0.05) is 0 Å². The molecule has 7 heterocycles. The van der Waals surface area contributed by atoms with Crippen LogP contribution >= 0.6 is 0 Å². The fraction of sp³-hybridized carbons (Fsp3) is 0.383. The number of nitrogens with one attached hydrogen (secondary N) is 2. The number of hydrogen-bond acceptors (Lipinski definition) is 16. The summed E-state index contributed by atoms with van der Waals surface area (Å²) in [5.41, 5.74) is 0.450. The molecule has 368 valence electrons.